The van der Waals surface area contributed by atoms with Gasteiger partial charge in [0.15, 0.2) is 0 Å². The van der Waals surface area contributed by atoms with E-state index in [9.17, 15) is 28.7 Å². The monoisotopic (exact) mass is 336 g/mol. The van der Waals surface area contributed by atoms with Crippen molar-refractivity contribution in [2.24, 2.45) is 0 Å². The van der Waals surface area contributed by atoms with Crippen molar-refractivity contribution in [1.29, 1.82) is 0 Å². The molecule has 4 N–H and O–H groups in total. The summed E-state index contributed by atoms with van der Waals surface area (Å²) in [5.41, 5.74) is 0. The molecule has 13 heteroatoms. The summed E-state index contributed by atoms with van der Waals surface area (Å²) in [4.78, 5) is 37.3. The van der Waals surface area contributed by atoms with Crippen LogP contribution in [0.4, 0.5) is 0 Å². The predicted octanol–water partition coefficient (Wildman–Crippen LogP) is -4.99. The molecule has 0 spiro atoms. The summed E-state index contributed by atoms with van der Waals surface area (Å²) in [7, 11) is -11.4. The van der Waals surface area contributed by atoms with Crippen LogP contribution >= 0.6 is 15.6 Å². The van der Waals surface area contributed by atoms with Gasteiger partial charge in [0, 0.05) is 0 Å². The minimum Gasteiger partial charge on any atom is -0.790 e. The van der Waals surface area contributed by atoms with E-state index in [1.54, 1.807) is 0 Å². The summed E-state index contributed by atoms with van der Waals surface area (Å²) >= 11 is 0. The Hall–Kier alpha value is 1.22. The van der Waals surface area contributed by atoms with Crippen molar-refractivity contribution in [3.05, 3.63) is 0 Å². The van der Waals surface area contributed by atoms with Gasteiger partial charge < -0.3 is 44.0 Å². The first-order valence-corrected chi connectivity index (χ1v) is 4.38. The molecule has 0 saturated carbocycles. The fourth-order valence-electron chi connectivity index (χ4n) is 0.122. The molecule has 0 saturated heterocycles. The third kappa shape index (κ3) is 31.9. The molecule has 0 aliphatic rings. The van der Waals surface area contributed by atoms with E-state index in [0.29, 0.717) is 0 Å². The number of hydrogen-bond donors (Lipinski definition) is 0. The molecule has 0 aromatic heterocycles. The summed E-state index contributed by atoms with van der Waals surface area (Å²) in [6.07, 6.45) is 0. The fourth-order valence-corrected chi connectivity index (χ4v) is 1.10. The van der Waals surface area contributed by atoms with Gasteiger partial charge in [0.1, 0.15) is 0 Å². The Bertz CT molecular complexity index is 156. The van der Waals surface area contributed by atoms with E-state index >= 15 is 0 Å². The van der Waals surface area contributed by atoms with Crippen molar-refractivity contribution in [1.82, 2.24) is 0 Å². The Labute approximate surface area is 93.9 Å². The van der Waals surface area contributed by atoms with Crippen LogP contribution in [0.15, 0.2) is 0 Å². The van der Waals surface area contributed by atoms with Crippen LogP contribution in [-0.2, 0) is 47.6 Å². The van der Waals surface area contributed by atoms with Crippen molar-refractivity contribution < 1.29 is 78.1 Å². The minimum atomic E-state index is -5.68. The summed E-state index contributed by atoms with van der Waals surface area (Å²) in [6.45, 7) is 0. The second-order valence-electron chi connectivity index (χ2n) is 0.976. The molecule has 90 valence electrons. The van der Waals surface area contributed by atoms with Crippen molar-refractivity contribution in [3.8, 4) is 0 Å². The Morgan fingerprint density at radius 2 is 0.923 bits per heavy atom. The van der Waals surface area contributed by atoms with E-state index in [0.717, 1.165) is 0 Å². The van der Waals surface area contributed by atoms with Gasteiger partial charge in [-0.25, -0.2) is 0 Å². The first kappa shape index (κ1) is 29.2. The zero-order chi connectivity index (χ0) is 7.71. The average molecular weight is 337 g/mol. The summed E-state index contributed by atoms with van der Waals surface area (Å²) in [5, 5.41) is 0. The van der Waals surface area contributed by atoms with Crippen LogP contribution < -0.4 is 19.6 Å². The summed E-state index contributed by atoms with van der Waals surface area (Å²) < 4.78 is 21.2. The third-order valence-electron chi connectivity index (χ3n) is 0.200. The average Bonchev–Trinajstić information content (AvgIpc) is 1.14. The summed E-state index contributed by atoms with van der Waals surface area (Å²) in [6, 6.07) is 0. The zero-order valence-electron chi connectivity index (χ0n) is 5.36. The van der Waals surface area contributed by atoms with Crippen LogP contribution in [0.1, 0.15) is 0 Å². The van der Waals surface area contributed by atoms with Crippen LogP contribution in [0.2, 0.25) is 0 Å². The molecular formula is H4Cu2O9P2. The molecule has 13 heavy (non-hydrogen) atoms. The number of rotatable bonds is 2. The van der Waals surface area contributed by atoms with Crippen molar-refractivity contribution in [3.63, 3.8) is 0 Å². The largest absolute Gasteiger partial charge is 2.00 e. The van der Waals surface area contributed by atoms with Gasteiger partial charge in [-0.15, -0.1) is 0 Å². The maximum Gasteiger partial charge on any atom is 2.00 e. The van der Waals surface area contributed by atoms with Crippen LogP contribution in [0.5, 0.6) is 0 Å². The molecule has 0 atom stereocenters. The Kier molecular flexibility index (Phi) is 22.0. The first-order chi connectivity index (χ1) is 3.71. The molecule has 0 fully saturated rings. The topological polar surface area (TPSA) is 199 Å². The van der Waals surface area contributed by atoms with Crippen LogP contribution in [0.25, 0.3) is 0 Å². The molecule has 0 aliphatic heterocycles. The number of phosphoric acid groups is 2. The minimum absolute atomic E-state index is 0. The van der Waals surface area contributed by atoms with Crippen molar-refractivity contribution >= 4 is 15.6 Å². The molecule has 0 rings (SSSR count). The molecule has 0 aliphatic carbocycles. The van der Waals surface area contributed by atoms with Gasteiger partial charge in [0.05, 0.1) is 15.6 Å². The van der Waals surface area contributed by atoms with E-state index in [1.807, 2.05) is 0 Å². The second kappa shape index (κ2) is 9.76. The van der Waals surface area contributed by atoms with Crippen LogP contribution in [-0.4, -0.2) is 11.0 Å². The Morgan fingerprint density at radius 1 is 0.769 bits per heavy atom. The van der Waals surface area contributed by atoms with Crippen LogP contribution in [0, 0.1) is 0 Å². The molecular weight excluding hydrogens is 333 g/mol. The summed E-state index contributed by atoms with van der Waals surface area (Å²) in [5.74, 6) is 0. The zero-order valence-corrected chi connectivity index (χ0v) is 9.03. The standard InChI is InChI=1S/2Cu.H4O7P2.2H2O/c;;1-8(2,3)7-9(4,5)6;;/h;;(H2,1,2,3)(H2,4,5,6);2*1H2/q2*+2;;;/p-4. The number of hydrogen-bond acceptors (Lipinski definition) is 7. The van der Waals surface area contributed by atoms with Gasteiger partial charge in [-0.2, -0.15) is 0 Å². The quantitative estimate of drug-likeness (QED) is 0.354. The van der Waals surface area contributed by atoms with E-state index in [1.165, 1.54) is 0 Å². The first-order valence-electron chi connectivity index (χ1n) is 1.46. The Balaban J connectivity index is -0.0000000533. The fraction of sp³-hybridized carbons (Fsp3) is 0. The Morgan fingerprint density at radius 3 is 0.923 bits per heavy atom. The van der Waals surface area contributed by atoms with Gasteiger partial charge in [0.25, 0.3) is 0 Å². The molecule has 0 amide bonds. The van der Waals surface area contributed by atoms with E-state index in [4.69, 9.17) is 0 Å². The molecule has 0 aromatic rings. The molecule has 0 bridgehead atoms. The SMILES string of the molecule is O.O.O=P([O-])([O-])OP(=O)([O-])[O-].[Cu+2].[Cu+2]. The van der Waals surface area contributed by atoms with Gasteiger partial charge in [-0.3, -0.25) is 0 Å². The van der Waals surface area contributed by atoms with Crippen molar-refractivity contribution in [2.75, 3.05) is 0 Å². The molecule has 0 unspecified atom stereocenters. The van der Waals surface area contributed by atoms with E-state index < -0.39 is 15.6 Å². The molecule has 0 heterocycles. The van der Waals surface area contributed by atoms with Gasteiger partial charge in [-0.05, 0) is 0 Å². The van der Waals surface area contributed by atoms with Crippen LogP contribution in [0.3, 0.4) is 0 Å². The second-order valence-corrected chi connectivity index (χ2v) is 3.42. The maximum atomic E-state index is 9.32. The van der Waals surface area contributed by atoms with Crippen molar-refractivity contribution in [2.45, 2.75) is 0 Å². The smallest absolute Gasteiger partial charge is 0.790 e. The van der Waals surface area contributed by atoms with E-state index in [2.05, 4.69) is 4.31 Å². The molecule has 9 nitrogen and oxygen atoms in total. The molecule has 2 radical (unpaired) electrons. The van der Waals surface area contributed by atoms with Gasteiger partial charge in [0.2, 0.25) is 0 Å². The predicted molar refractivity (Wildman–Crippen MR) is 23.5 cm³/mol. The van der Waals surface area contributed by atoms with Gasteiger partial charge in [-0.1, -0.05) is 0 Å². The van der Waals surface area contributed by atoms with Gasteiger partial charge >= 0.3 is 34.1 Å². The third-order valence-corrected chi connectivity index (χ3v) is 1.80. The van der Waals surface area contributed by atoms with E-state index in [-0.39, 0.29) is 45.1 Å². The molecule has 0 aromatic carbocycles. The normalized spacial score (nSPS) is 9.54. The maximum absolute atomic E-state index is 9.32.